The molecule has 1 fully saturated rings. The van der Waals surface area contributed by atoms with Gasteiger partial charge in [0, 0.05) is 32.4 Å². The van der Waals surface area contributed by atoms with E-state index in [-0.39, 0.29) is 29.9 Å². The van der Waals surface area contributed by atoms with Crippen molar-refractivity contribution in [2.24, 2.45) is 5.41 Å². The number of likely N-dealkylation sites (tertiary alicyclic amines) is 1. The maximum absolute atomic E-state index is 14.6. The number of alkyl halides is 1. The number of nitrogens with zero attached hydrogens (tertiary/aromatic N) is 1. The Morgan fingerprint density at radius 2 is 1.89 bits per heavy atom. The van der Waals surface area contributed by atoms with Gasteiger partial charge in [-0.2, -0.15) is 0 Å². The number of rotatable bonds is 4. The third kappa shape index (κ3) is 4.51. The molecule has 1 saturated heterocycles. The topological polar surface area (TPSA) is 29.5 Å². The molecule has 0 spiro atoms. The van der Waals surface area contributed by atoms with E-state index in [0.29, 0.717) is 26.1 Å². The highest BCUT2D eigenvalue weighted by atomic mass is 19.1. The van der Waals surface area contributed by atoms with E-state index in [1.807, 2.05) is 27.7 Å². The lowest BCUT2D eigenvalue weighted by molar-refractivity contribution is -0.135. The molecule has 0 atom stereocenters. The van der Waals surface area contributed by atoms with Crippen LogP contribution >= 0.6 is 0 Å². The van der Waals surface area contributed by atoms with Crippen LogP contribution in [0, 0.1) is 5.41 Å². The minimum Gasteiger partial charge on any atom is -0.495 e. The minimum absolute atomic E-state index is 0.0315. The number of allylic oxidation sites excluding steroid dienone is 1. The maximum Gasteiger partial charge on any atom is 0.223 e. The predicted molar refractivity (Wildman–Crippen MR) is 74.5 cm³/mol. The number of halogens is 1. The minimum atomic E-state index is -1.48. The van der Waals surface area contributed by atoms with Crippen LogP contribution in [0.4, 0.5) is 4.39 Å². The first kappa shape index (κ1) is 16.0. The van der Waals surface area contributed by atoms with Gasteiger partial charge in [-0.05, 0) is 12.3 Å². The van der Waals surface area contributed by atoms with Crippen molar-refractivity contribution >= 4 is 5.91 Å². The summed E-state index contributed by atoms with van der Waals surface area (Å²) in [7, 11) is 0. The molecule has 0 unspecified atom stereocenters. The largest absolute Gasteiger partial charge is 0.495 e. The molecule has 0 N–H and O–H groups in total. The molecule has 0 aliphatic carbocycles. The number of hydrogen-bond acceptors (Lipinski definition) is 2. The Balaban J connectivity index is 2.53. The van der Waals surface area contributed by atoms with Gasteiger partial charge in [0.2, 0.25) is 5.91 Å². The highest BCUT2D eigenvalue weighted by molar-refractivity contribution is 5.77. The highest BCUT2D eigenvalue weighted by Crippen LogP contribution is 2.34. The van der Waals surface area contributed by atoms with Crippen LogP contribution in [0.5, 0.6) is 0 Å². The van der Waals surface area contributed by atoms with E-state index < -0.39 is 5.67 Å². The SMILES string of the molecule is C=C(OCC)C1(F)CCN(C(=O)CC(C)(C)C)CC1. The number of ether oxygens (including phenoxy) is 1. The Morgan fingerprint density at radius 1 is 1.37 bits per heavy atom. The van der Waals surface area contributed by atoms with Gasteiger partial charge in [-0.15, -0.1) is 0 Å². The van der Waals surface area contributed by atoms with E-state index >= 15 is 0 Å². The molecule has 0 radical (unpaired) electrons. The van der Waals surface area contributed by atoms with Crippen LogP contribution in [0.1, 0.15) is 47.0 Å². The quantitative estimate of drug-likeness (QED) is 0.734. The van der Waals surface area contributed by atoms with Crippen LogP contribution in [-0.2, 0) is 9.53 Å². The summed E-state index contributed by atoms with van der Waals surface area (Å²) in [4.78, 5) is 13.8. The Kier molecular flexibility index (Phi) is 4.99. The van der Waals surface area contributed by atoms with Gasteiger partial charge < -0.3 is 9.64 Å². The van der Waals surface area contributed by atoms with Crippen molar-refractivity contribution < 1.29 is 13.9 Å². The number of carbonyl (C=O) groups excluding carboxylic acids is 1. The molecule has 1 rings (SSSR count). The fourth-order valence-corrected chi connectivity index (χ4v) is 2.26. The third-order valence-corrected chi connectivity index (χ3v) is 3.41. The Bertz CT molecular complexity index is 339. The molecule has 0 saturated carbocycles. The molecule has 1 amide bonds. The lowest BCUT2D eigenvalue weighted by atomic mass is 9.89. The van der Waals surface area contributed by atoms with E-state index in [1.165, 1.54) is 0 Å². The monoisotopic (exact) mass is 271 g/mol. The summed E-state index contributed by atoms with van der Waals surface area (Å²) < 4.78 is 19.8. The summed E-state index contributed by atoms with van der Waals surface area (Å²) in [6, 6.07) is 0. The first-order chi connectivity index (χ1) is 8.68. The molecule has 0 aromatic heterocycles. The summed E-state index contributed by atoms with van der Waals surface area (Å²) in [5.74, 6) is 0.314. The molecular weight excluding hydrogens is 245 g/mol. The number of hydrogen-bond donors (Lipinski definition) is 0. The maximum atomic E-state index is 14.6. The predicted octanol–water partition coefficient (Wildman–Crippen LogP) is 3.30. The molecule has 0 aromatic carbocycles. The zero-order valence-electron chi connectivity index (χ0n) is 12.6. The van der Waals surface area contributed by atoms with Crippen molar-refractivity contribution in [1.82, 2.24) is 4.90 Å². The second kappa shape index (κ2) is 5.93. The number of piperidine rings is 1. The molecular formula is C15H26FNO2. The molecule has 110 valence electrons. The Labute approximate surface area is 115 Å². The van der Waals surface area contributed by atoms with Crippen molar-refractivity contribution in [3.05, 3.63) is 12.3 Å². The smallest absolute Gasteiger partial charge is 0.223 e. The van der Waals surface area contributed by atoms with Gasteiger partial charge in [0.15, 0.2) is 5.67 Å². The molecule has 19 heavy (non-hydrogen) atoms. The molecule has 1 heterocycles. The van der Waals surface area contributed by atoms with Gasteiger partial charge in [-0.1, -0.05) is 27.4 Å². The van der Waals surface area contributed by atoms with Gasteiger partial charge >= 0.3 is 0 Å². The third-order valence-electron chi connectivity index (χ3n) is 3.41. The van der Waals surface area contributed by atoms with Gasteiger partial charge in [0.1, 0.15) is 5.76 Å². The lowest BCUT2D eigenvalue weighted by Crippen LogP contribution is -2.46. The van der Waals surface area contributed by atoms with Gasteiger partial charge in [0.05, 0.1) is 6.61 Å². The van der Waals surface area contributed by atoms with Crippen molar-refractivity contribution in [2.45, 2.75) is 52.6 Å². The van der Waals surface area contributed by atoms with E-state index in [0.717, 1.165) is 0 Å². The van der Waals surface area contributed by atoms with Gasteiger partial charge in [-0.25, -0.2) is 4.39 Å². The van der Waals surface area contributed by atoms with Crippen molar-refractivity contribution in [1.29, 1.82) is 0 Å². The van der Waals surface area contributed by atoms with Crippen LogP contribution in [0.15, 0.2) is 12.3 Å². The zero-order valence-corrected chi connectivity index (χ0v) is 12.6. The fraction of sp³-hybridized carbons (Fsp3) is 0.800. The average molecular weight is 271 g/mol. The van der Waals surface area contributed by atoms with Crippen LogP contribution in [0.2, 0.25) is 0 Å². The average Bonchev–Trinajstić information content (AvgIpc) is 2.27. The second-order valence-electron chi connectivity index (χ2n) is 6.44. The van der Waals surface area contributed by atoms with Gasteiger partial charge in [-0.3, -0.25) is 4.79 Å². The summed E-state index contributed by atoms with van der Waals surface area (Å²) in [5, 5.41) is 0. The first-order valence-electron chi connectivity index (χ1n) is 6.97. The van der Waals surface area contributed by atoms with Crippen LogP contribution in [-0.4, -0.2) is 36.2 Å². The van der Waals surface area contributed by atoms with Crippen LogP contribution in [0.25, 0.3) is 0 Å². The normalized spacial score (nSPS) is 19.1. The molecule has 0 bridgehead atoms. The van der Waals surface area contributed by atoms with E-state index in [9.17, 15) is 9.18 Å². The molecule has 1 aliphatic rings. The molecule has 0 aromatic rings. The van der Waals surface area contributed by atoms with Crippen molar-refractivity contribution in [3.8, 4) is 0 Å². The van der Waals surface area contributed by atoms with E-state index in [2.05, 4.69) is 6.58 Å². The van der Waals surface area contributed by atoms with E-state index in [4.69, 9.17) is 4.74 Å². The molecule has 3 nitrogen and oxygen atoms in total. The summed E-state index contributed by atoms with van der Waals surface area (Å²) in [6.45, 7) is 12.9. The van der Waals surface area contributed by atoms with E-state index in [1.54, 1.807) is 4.90 Å². The summed E-state index contributed by atoms with van der Waals surface area (Å²) in [6.07, 6.45) is 1.06. The van der Waals surface area contributed by atoms with Crippen molar-refractivity contribution in [3.63, 3.8) is 0 Å². The Morgan fingerprint density at radius 3 is 2.32 bits per heavy atom. The van der Waals surface area contributed by atoms with Crippen LogP contribution in [0.3, 0.4) is 0 Å². The van der Waals surface area contributed by atoms with Gasteiger partial charge in [0.25, 0.3) is 0 Å². The zero-order chi connectivity index (χ0) is 14.7. The highest BCUT2D eigenvalue weighted by Gasteiger charge is 2.40. The fourth-order valence-electron chi connectivity index (χ4n) is 2.26. The van der Waals surface area contributed by atoms with Crippen LogP contribution < -0.4 is 0 Å². The second-order valence-corrected chi connectivity index (χ2v) is 6.44. The Hall–Kier alpha value is -1.06. The number of amides is 1. The van der Waals surface area contributed by atoms with Crippen molar-refractivity contribution in [2.75, 3.05) is 19.7 Å². The summed E-state index contributed by atoms with van der Waals surface area (Å²) in [5.41, 5.74) is -1.51. The lowest BCUT2D eigenvalue weighted by Gasteiger charge is -2.37. The standard InChI is InChI=1S/C15H26FNO2/c1-6-19-12(2)15(16)7-9-17(10-8-15)13(18)11-14(3,4)5/h2,6-11H2,1,3-5H3. The first-order valence-corrected chi connectivity index (χ1v) is 6.97. The molecule has 1 aliphatic heterocycles. The summed E-state index contributed by atoms with van der Waals surface area (Å²) >= 11 is 0. The molecule has 4 heteroatoms. The number of carbonyl (C=O) groups is 1.